The first-order valence-corrected chi connectivity index (χ1v) is 8.30. The van der Waals surface area contributed by atoms with Gasteiger partial charge in [0.25, 0.3) is 5.91 Å². The largest absolute Gasteiger partial charge is 0.318 e. The van der Waals surface area contributed by atoms with Crippen LogP contribution in [0.3, 0.4) is 0 Å². The lowest BCUT2D eigenvalue weighted by Gasteiger charge is -2.07. The molecule has 25 heavy (non-hydrogen) atoms. The van der Waals surface area contributed by atoms with Crippen molar-refractivity contribution in [2.45, 2.75) is 6.92 Å². The molecule has 7 heteroatoms. The minimum atomic E-state index is -0.542. The Morgan fingerprint density at radius 3 is 2.48 bits per heavy atom. The summed E-state index contributed by atoms with van der Waals surface area (Å²) in [5.41, 5.74) is 1.79. The summed E-state index contributed by atoms with van der Waals surface area (Å²) in [6.45, 7) is 1.35. The van der Waals surface area contributed by atoms with E-state index in [-0.39, 0.29) is 17.3 Å². The lowest BCUT2D eigenvalue weighted by Crippen LogP contribution is -2.14. The Bertz CT molecular complexity index is 925. The average molecular weight is 355 g/mol. The number of hydrogen-bond acceptors (Lipinski definition) is 4. The predicted octanol–water partition coefficient (Wildman–Crippen LogP) is 4.16. The molecule has 1 heterocycles. The summed E-state index contributed by atoms with van der Waals surface area (Å²) in [4.78, 5) is 27.1. The van der Waals surface area contributed by atoms with Crippen molar-refractivity contribution < 1.29 is 14.0 Å². The zero-order valence-electron chi connectivity index (χ0n) is 13.2. The summed E-state index contributed by atoms with van der Waals surface area (Å²) in [6.07, 6.45) is 0. The molecule has 5 nitrogen and oxygen atoms in total. The number of carbonyl (C=O) groups excluding carboxylic acids is 2. The van der Waals surface area contributed by atoms with E-state index in [1.165, 1.54) is 24.4 Å². The number of halogens is 1. The van der Waals surface area contributed by atoms with E-state index in [0.29, 0.717) is 5.13 Å². The number of benzene rings is 2. The summed E-state index contributed by atoms with van der Waals surface area (Å²) in [5, 5.41) is 6.80. The van der Waals surface area contributed by atoms with Crippen LogP contribution in [-0.4, -0.2) is 16.8 Å². The van der Waals surface area contributed by atoms with E-state index in [9.17, 15) is 14.0 Å². The van der Waals surface area contributed by atoms with Gasteiger partial charge in [-0.3, -0.25) is 9.59 Å². The highest BCUT2D eigenvalue weighted by Crippen LogP contribution is 2.25. The summed E-state index contributed by atoms with van der Waals surface area (Å²) in [6, 6.07) is 14.0. The van der Waals surface area contributed by atoms with Crippen LogP contribution in [0.5, 0.6) is 0 Å². The topological polar surface area (TPSA) is 71.1 Å². The van der Waals surface area contributed by atoms with Gasteiger partial charge in [-0.1, -0.05) is 36.4 Å². The van der Waals surface area contributed by atoms with Gasteiger partial charge in [-0.2, -0.15) is 0 Å². The van der Waals surface area contributed by atoms with Crippen LogP contribution >= 0.6 is 11.3 Å². The van der Waals surface area contributed by atoms with Gasteiger partial charge >= 0.3 is 0 Å². The van der Waals surface area contributed by atoms with E-state index < -0.39 is 11.7 Å². The molecule has 0 bridgehead atoms. The second kappa shape index (κ2) is 7.23. The average Bonchev–Trinajstić information content (AvgIpc) is 3.05. The lowest BCUT2D eigenvalue weighted by molar-refractivity contribution is -0.114. The molecule has 3 aromatic rings. The molecule has 0 aliphatic rings. The molecule has 0 unspecified atom stereocenters. The van der Waals surface area contributed by atoms with Crippen LogP contribution in [0.4, 0.5) is 15.2 Å². The van der Waals surface area contributed by atoms with Crippen molar-refractivity contribution in [3.8, 4) is 11.1 Å². The van der Waals surface area contributed by atoms with Crippen molar-refractivity contribution in [1.29, 1.82) is 0 Å². The molecule has 0 saturated heterocycles. The number of aromatic nitrogens is 1. The van der Waals surface area contributed by atoms with Gasteiger partial charge in [0, 0.05) is 12.3 Å². The molecule has 2 N–H and O–H groups in total. The van der Waals surface area contributed by atoms with Gasteiger partial charge in [-0.25, -0.2) is 9.37 Å². The highest BCUT2D eigenvalue weighted by atomic mass is 32.1. The predicted molar refractivity (Wildman–Crippen MR) is 96.2 cm³/mol. The quantitative estimate of drug-likeness (QED) is 0.738. The number of carbonyl (C=O) groups is 2. The highest BCUT2D eigenvalue weighted by Gasteiger charge is 2.14. The summed E-state index contributed by atoms with van der Waals surface area (Å²) >= 11 is 1.12. The van der Waals surface area contributed by atoms with Gasteiger partial charge in [0.1, 0.15) is 11.5 Å². The molecule has 0 atom stereocenters. The first-order valence-electron chi connectivity index (χ1n) is 7.42. The Morgan fingerprint density at radius 1 is 1.04 bits per heavy atom. The first kappa shape index (κ1) is 16.8. The van der Waals surface area contributed by atoms with Crippen molar-refractivity contribution >= 4 is 34.0 Å². The molecule has 3 rings (SSSR count). The van der Waals surface area contributed by atoms with Crippen LogP contribution < -0.4 is 10.6 Å². The number of amides is 2. The van der Waals surface area contributed by atoms with Crippen LogP contribution in [0.15, 0.2) is 53.9 Å². The molecule has 0 aliphatic heterocycles. The number of anilines is 2. The number of nitrogens with one attached hydrogen (secondary N) is 2. The minimum Gasteiger partial charge on any atom is -0.318 e. The van der Waals surface area contributed by atoms with Crippen LogP contribution in [0.1, 0.15) is 17.4 Å². The van der Waals surface area contributed by atoms with Gasteiger partial charge < -0.3 is 10.6 Å². The highest BCUT2D eigenvalue weighted by molar-refractivity contribution is 7.14. The SMILES string of the molecule is CC(=O)Nc1nc(C(=O)Nc2ccc(-c3ccccc3)cc2F)cs1. The Labute approximate surface area is 147 Å². The van der Waals surface area contributed by atoms with Crippen molar-refractivity contribution in [2.24, 2.45) is 0 Å². The monoisotopic (exact) mass is 355 g/mol. The zero-order valence-corrected chi connectivity index (χ0v) is 14.1. The zero-order chi connectivity index (χ0) is 17.8. The lowest BCUT2D eigenvalue weighted by atomic mass is 10.1. The third-order valence-corrected chi connectivity index (χ3v) is 4.10. The van der Waals surface area contributed by atoms with E-state index in [2.05, 4.69) is 15.6 Å². The molecular weight excluding hydrogens is 341 g/mol. The second-order valence-corrected chi connectivity index (χ2v) is 6.09. The van der Waals surface area contributed by atoms with Crippen LogP contribution in [-0.2, 0) is 4.79 Å². The van der Waals surface area contributed by atoms with Gasteiger partial charge in [0.15, 0.2) is 5.13 Å². The van der Waals surface area contributed by atoms with Gasteiger partial charge in [0.05, 0.1) is 5.69 Å². The maximum Gasteiger partial charge on any atom is 0.275 e. The number of nitrogens with zero attached hydrogens (tertiary/aromatic N) is 1. The Balaban J connectivity index is 1.75. The van der Waals surface area contributed by atoms with Gasteiger partial charge in [-0.15, -0.1) is 11.3 Å². The van der Waals surface area contributed by atoms with Crippen LogP contribution in [0.25, 0.3) is 11.1 Å². The van der Waals surface area contributed by atoms with Crippen molar-refractivity contribution in [3.05, 3.63) is 65.4 Å². The Kier molecular flexibility index (Phi) is 4.85. The van der Waals surface area contributed by atoms with E-state index >= 15 is 0 Å². The van der Waals surface area contributed by atoms with Gasteiger partial charge in [0.2, 0.25) is 5.91 Å². The molecule has 2 aromatic carbocycles. The molecule has 2 amide bonds. The van der Waals surface area contributed by atoms with E-state index in [1.807, 2.05) is 30.3 Å². The molecular formula is C18H14FN3O2S. The van der Waals surface area contributed by atoms with E-state index in [4.69, 9.17) is 0 Å². The normalized spacial score (nSPS) is 10.3. The molecule has 0 spiro atoms. The third-order valence-electron chi connectivity index (χ3n) is 3.34. The smallest absolute Gasteiger partial charge is 0.275 e. The first-order chi connectivity index (χ1) is 12.0. The maximum atomic E-state index is 14.3. The fraction of sp³-hybridized carbons (Fsp3) is 0.0556. The third kappa shape index (κ3) is 4.07. The van der Waals surface area contributed by atoms with E-state index in [0.717, 1.165) is 22.5 Å². The van der Waals surface area contributed by atoms with Crippen LogP contribution in [0, 0.1) is 5.82 Å². The Morgan fingerprint density at radius 2 is 1.80 bits per heavy atom. The molecule has 0 saturated carbocycles. The van der Waals surface area contributed by atoms with Crippen molar-refractivity contribution in [2.75, 3.05) is 10.6 Å². The molecule has 0 aliphatic carbocycles. The number of thiazole rings is 1. The number of hydrogen-bond donors (Lipinski definition) is 2. The summed E-state index contributed by atoms with van der Waals surface area (Å²) in [5.74, 6) is -1.35. The van der Waals surface area contributed by atoms with Gasteiger partial charge in [-0.05, 0) is 23.3 Å². The van der Waals surface area contributed by atoms with E-state index in [1.54, 1.807) is 6.07 Å². The molecule has 0 radical (unpaired) electrons. The standard InChI is InChI=1S/C18H14FN3O2S/c1-11(23)20-18-22-16(10-25-18)17(24)21-15-8-7-13(9-14(15)19)12-5-3-2-4-6-12/h2-10H,1H3,(H,21,24)(H,20,22,23). The Hall–Kier alpha value is -3.06. The fourth-order valence-electron chi connectivity index (χ4n) is 2.20. The molecule has 0 fully saturated rings. The van der Waals surface area contributed by atoms with Crippen molar-refractivity contribution in [1.82, 2.24) is 4.98 Å². The summed E-state index contributed by atoms with van der Waals surface area (Å²) < 4.78 is 14.3. The molecule has 126 valence electrons. The minimum absolute atomic E-state index is 0.0683. The maximum absolute atomic E-state index is 14.3. The molecule has 1 aromatic heterocycles. The number of rotatable bonds is 4. The van der Waals surface area contributed by atoms with Crippen LogP contribution in [0.2, 0.25) is 0 Å². The summed E-state index contributed by atoms with van der Waals surface area (Å²) in [7, 11) is 0. The second-order valence-electron chi connectivity index (χ2n) is 5.23. The van der Waals surface area contributed by atoms with Crippen molar-refractivity contribution in [3.63, 3.8) is 0 Å². The fourth-order valence-corrected chi connectivity index (χ4v) is 2.94.